The van der Waals surface area contributed by atoms with Crippen LogP contribution in [0.15, 0.2) is 24.4 Å². The first kappa shape index (κ1) is 15.4. The van der Waals surface area contributed by atoms with Crippen molar-refractivity contribution in [3.63, 3.8) is 0 Å². The summed E-state index contributed by atoms with van der Waals surface area (Å²) in [4.78, 5) is 16.7. The minimum Gasteiger partial charge on any atom is -0.294 e. The number of nitrogens with zero attached hydrogens (tertiary/aromatic N) is 3. The van der Waals surface area contributed by atoms with Crippen LogP contribution in [-0.2, 0) is 6.42 Å². The number of aryl methyl sites for hydroxylation is 2. The highest BCUT2D eigenvalue weighted by Gasteiger charge is 2.13. The number of pyridine rings is 1. The van der Waals surface area contributed by atoms with Gasteiger partial charge in [0, 0.05) is 23.1 Å². The maximum Gasteiger partial charge on any atom is 0.169 e. The molecule has 0 saturated heterocycles. The fraction of sp³-hybridized carbons (Fsp3) is 0.471. The van der Waals surface area contributed by atoms with Gasteiger partial charge in [0.1, 0.15) is 0 Å². The van der Waals surface area contributed by atoms with Crippen LogP contribution in [0.4, 0.5) is 0 Å². The van der Waals surface area contributed by atoms with Crippen molar-refractivity contribution in [2.24, 2.45) is 0 Å². The van der Waals surface area contributed by atoms with E-state index in [1.165, 1.54) is 0 Å². The van der Waals surface area contributed by atoms with Crippen molar-refractivity contribution in [3.8, 4) is 0 Å². The molecule has 0 aromatic carbocycles. The third kappa shape index (κ3) is 3.78. The van der Waals surface area contributed by atoms with Gasteiger partial charge >= 0.3 is 0 Å². The Hall–Kier alpha value is -1.97. The average Bonchev–Trinajstić information content (AvgIpc) is 2.87. The molecule has 112 valence electrons. The molecule has 2 heterocycles. The van der Waals surface area contributed by atoms with Gasteiger partial charge < -0.3 is 0 Å². The lowest BCUT2D eigenvalue weighted by Gasteiger charge is -2.12. The molecule has 4 heteroatoms. The standard InChI is InChI=1S/C17H23N3O/c1-5-16(6-2)20-8-7-15(19-20)11-17(21)14-9-12(3)18-13(4)10-14/h7-10,16H,5-6,11H2,1-4H3. The zero-order valence-electron chi connectivity index (χ0n) is 13.3. The Labute approximate surface area is 126 Å². The van der Waals surface area contributed by atoms with Gasteiger partial charge in [-0.3, -0.25) is 14.5 Å². The number of carbonyl (C=O) groups is 1. The predicted molar refractivity (Wildman–Crippen MR) is 83.6 cm³/mol. The lowest BCUT2D eigenvalue weighted by molar-refractivity contribution is 0.0991. The first-order valence-electron chi connectivity index (χ1n) is 7.56. The minimum absolute atomic E-state index is 0.0957. The van der Waals surface area contributed by atoms with E-state index in [9.17, 15) is 4.79 Å². The molecule has 2 rings (SSSR count). The third-order valence-electron chi connectivity index (χ3n) is 3.73. The van der Waals surface area contributed by atoms with Crippen molar-refractivity contribution in [1.29, 1.82) is 0 Å². The second-order valence-corrected chi connectivity index (χ2v) is 5.50. The number of hydrogen-bond donors (Lipinski definition) is 0. The fourth-order valence-electron chi connectivity index (χ4n) is 2.60. The Kier molecular flexibility index (Phi) is 4.89. The monoisotopic (exact) mass is 285 g/mol. The first-order valence-corrected chi connectivity index (χ1v) is 7.56. The maximum atomic E-state index is 12.4. The van der Waals surface area contributed by atoms with Gasteiger partial charge in [0.2, 0.25) is 0 Å². The van der Waals surface area contributed by atoms with Crippen molar-refractivity contribution in [2.75, 3.05) is 0 Å². The summed E-state index contributed by atoms with van der Waals surface area (Å²) in [5.74, 6) is 0.0957. The van der Waals surface area contributed by atoms with Gasteiger partial charge in [-0.15, -0.1) is 0 Å². The van der Waals surface area contributed by atoms with Gasteiger partial charge in [-0.1, -0.05) is 13.8 Å². The Morgan fingerprint density at radius 1 is 1.19 bits per heavy atom. The molecule has 0 aliphatic rings. The predicted octanol–water partition coefficient (Wildman–Crippen LogP) is 3.68. The largest absolute Gasteiger partial charge is 0.294 e. The SMILES string of the molecule is CCC(CC)n1ccc(CC(=O)c2cc(C)nc(C)c2)n1. The minimum atomic E-state index is 0.0957. The highest BCUT2D eigenvalue weighted by Crippen LogP contribution is 2.15. The van der Waals surface area contributed by atoms with Crippen LogP contribution in [0, 0.1) is 13.8 Å². The molecule has 0 radical (unpaired) electrons. The van der Waals surface area contributed by atoms with Crippen LogP contribution in [0.1, 0.15) is 60.2 Å². The normalized spacial score (nSPS) is 11.1. The highest BCUT2D eigenvalue weighted by molar-refractivity contribution is 5.97. The fourth-order valence-corrected chi connectivity index (χ4v) is 2.60. The first-order chi connectivity index (χ1) is 10.0. The van der Waals surface area contributed by atoms with Gasteiger partial charge in [-0.2, -0.15) is 5.10 Å². The molecule has 0 spiro atoms. The van der Waals surface area contributed by atoms with Crippen LogP contribution in [0.5, 0.6) is 0 Å². The molecular weight excluding hydrogens is 262 g/mol. The summed E-state index contributed by atoms with van der Waals surface area (Å²) in [6.45, 7) is 8.13. The van der Waals surface area contributed by atoms with E-state index in [2.05, 4.69) is 23.9 Å². The van der Waals surface area contributed by atoms with Gasteiger partial charge in [0.25, 0.3) is 0 Å². The van der Waals surface area contributed by atoms with Gasteiger partial charge in [-0.05, 0) is 44.9 Å². The molecule has 0 amide bonds. The van der Waals surface area contributed by atoms with Crippen LogP contribution in [0.2, 0.25) is 0 Å². The number of hydrogen-bond acceptors (Lipinski definition) is 3. The lowest BCUT2D eigenvalue weighted by Crippen LogP contribution is -2.10. The smallest absolute Gasteiger partial charge is 0.169 e. The van der Waals surface area contributed by atoms with E-state index in [0.717, 1.165) is 35.5 Å². The summed E-state index contributed by atoms with van der Waals surface area (Å²) in [6, 6.07) is 6.04. The van der Waals surface area contributed by atoms with Gasteiger partial charge in [0.05, 0.1) is 18.2 Å². The topological polar surface area (TPSA) is 47.8 Å². The van der Waals surface area contributed by atoms with Crippen LogP contribution in [0.25, 0.3) is 0 Å². The molecule has 0 aliphatic carbocycles. The van der Waals surface area contributed by atoms with E-state index in [1.54, 1.807) is 0 Å². The van der Waals surface area contributed by atoms with Crippen molar-refractivity contribution in [2.45, 2.75) is 53.0 Å². The third-order valence-corrected chi connectivity index (χ3v) is 3.73. The Balaban J connectivity index is 2.12. The van der Waals surface area contributed by atoms with E-state index in [1.807, 2.05) is 42.9 Å². The van der Waals surface area contributed by atoms with Gasteiger partial charge in [-0.25, -0.2) is 0 Å². The van der Waals surface area contributed by atoms with E-state index < -0.39 is 0 Å². The molecule has 2 aromatic heterocycles. The van der Waals surface area contributed by atoms with E-state index in [4.69, 9.17) is 0 Å². The second-order valence-electron chi connectivity index (χ2n) is 5.50. The molecule has 0 atom stereocenters. The summed E-state index contributed by atoms with van der Waals surface area (Å²) in [6.07, 6.45) is 4.42. The summed E-state index contributed by atoms with van der Waals surface area (Å²) in [5.41, 5.74) is 3.30. The maximum absolute atomic E-state index is 12.4. The summed E-state index contributed by atoms with van der Waals surface area (Å²) in [7, 11) is 0. The van der Waals surface area contributed by atoms with Gasteiger partial charge in [0.15, 0.2) is 5.78 Å². The lowest BCUT2D eigenvalue weighted by atomic mass is 10.1. The number of ketones is 1. The Morgan fingerprint density at radius 3 is 2.38 bits per heavy atom. The van der Waals surface area contributed by atoms with E-state index in [-0.39, 0.29) is 5.78 Å². The number of carbonyl (C=O) groups excluding carboxylic acids is 1. The number of aromatic nitrogens is 3. The zero-order chi connectivity index (χ0) is 15.4. The molecule has 2 aromatic rings. The molecule has 0 aliphatic heterocycles. The Morgan fingerprint density at radius 2 is 1.81 bits per heavy atom. The van der Waals surface area contributed by atoms with Crippen molar-refractivity contribution >= 4 is 5.78 Å². The summed E-state index contributed by atoms with van der Waals surface area (Å²) >= 11 is 0. The molecule has 0 N–H and O–H groups in total. The van der Waals surface area contributed by atoms with E-state index in [0.29, 0.717) is 12.5 Å². The number of rotatable bonds is 6. The molecule has 0 fully saturated rings. The second kappa shape index (κ2) is 6.66. The van der Waals surface area contributed by atoms with Crippen LogP contribution in [-0.4, -0.2) is 20.5 Å². The van der Waals surface area contributed by atoms with Crippen molar-refractivity contribution < 1.29 is 4.79 Å². The van der Waals surface area contributed by atoms with Crippen molar-refractivity contribution in [3.05, 3.63) is 47.0 Å². The van der Waals surface area contributed by atoms with Crippen LogP contribution < -0.4 is 0 Å². The average molecular weight is 285 g/mol. The molecule has 0 saturated carbocycles. The summed E-state index contributed by atoms with van der Waals surface area (Å²) in [5, 5.41) is 4.54. The molecule has 21 heavy (non-hydrogen) atoms. The molecule has 4 nitrogen and oxygen atoms in total. The summed E-state index contributed by atoms with van der Waals surface area (Å²) < 4.78 is 1.98. The highest BCUT2D eigenvalue weighted by atomic mass is 16.1. The quantitative estimate of drug-likeness (QED) is 0.761. The van der Waals surface area contributed by atoms with Crippen LogP contribution >= 0.6 is 0 Å². The zero-order valence-corrected chi connectivity index (χ0v) is 13.3. The number of Topliss-reactive ketones (excluding diaryl/α,β-unsaturated/α-hetero) is 1. The van der Waals surface area contributed by atoms with E-state index >= 15 is 0 Å². The van der Waals surface area contributed by atoms with Crippen LogP contribution in [0.3, 0.4) is 0 Å². The molecular formula is C17H23N3O. The molecule has 0 unspecified atom stereocenters. The van der Waals surface area contributed by atoms with Crippen molar-refractivity contribution in [1.82, 2.24) is 14.8 Å². The molecule has 0 bridgehead atoms. The Bertz CT molecular complexity index is 606.